The van der Waals surface area contributed by atoms with Crippen molar-refractivity contribution in [2.24, 2.45) is 0 Å². The van der Waals surface area contributed by atoms with Crippen LogP contribution in [0.1, 0.15) is 213 Å². The van der Waals surface area contributed by atoms with E-state index in [1.807, 2.05) is 0 Å². The molecule has 0 amide bonds. The van der Waals surface area contributed by atoms with Crippen molar-refractivity contribution < 1.29 is 14.3 Å². The molecule has 0 saturated heterocycles. The third kappa shape index (κ3) is 32.5. The number of hydrogen-bond acceptors (Lipinski definition) is 3. The number of hydrogen-bond donors (Lipinski definition) is 2. The molecule has 4 heteroatoms. The van der Waals surface area contributed by atoms with E-state index in [0.29, 0.717) is 0 Å². The van der Waals surface area contributed by atoms with Crippen molar-refractivity contribution in [1.82, 2.24) is 0 Å². The second-order valence-electron chi connectivity index (χ2n) is 12.1. The van der Waals surface area contributed by atoms with Gasteiger partial charge in [0.1, 0.15) is 0 Å². The first-order valence-corrected chi connectivity index (χ1v) is 18.7. The molecule has 3 nitrogen and oxygen atoms in total. The molecular formula is C34H71O3P. The van der Waals surface area contributed by atoms with Crippen LogP contribution in [0.2, 0.25) is 0 Å². The van der Waals surface area contributed by atoms with E-state index in [9.17, 15) is 9.79 Å². The lowest BCUT2D eigenvalue weighted by atomic mass is 10.0. The highest BCUT2D eigenvalue weighted by Crippen LogP contribution is 2.31. The summed E-state index contributed by atoms with van der Waals surface area (Å²) in [4.78, 5) is 18.7. The van der Waals surface area contributed by atoms with Gasteiger partial charge < -0.3 is 14.3 Å². The van der Waals surface area contributed by atoms with E-state index < -0.39 is 8.60 Å². The highest BCUT2D eigenvalue weighted by atomic mass is 31.2. The SMILES string of the molecule is CCCCCCCCCCCCCCCCCC(CCCCCCCCCCCCCCCC)OP(O)O. The topological polar surface area (TPSA) is 49.7 Å². The molecule has 230 valence electrons. The lowest BCUT2D eigenvalue weighted by Crippen LogP contribution is -2.10. The summed E-state index contributed by atoms with van der Waals surface area (Å²) in [5.41, 5.74) is 0. The van der Waals surface area contributed by atoms with Crippen LogP contribution in [0.25, 0.3) is 0 Å². The van der Waals surface area contributed by atoms with Crippen molar-refractivity contribution in [3.05, 3.63) is 0 Å². The molecule has 0 heterocycles. The minimum Gasteiger partial charge on any atom is -0.328 e. The zero-order valence-corrected chi connectivity index (χ0v) is 27.1. The molecule has 0 bridgehead atoms. The van der Waals surface area contributed by atoms with Crippen LogP contribution >= 0.6 is 8.60 Å². The molecule has 0 spiro atoms. The summed E-state index contributed by atoms with van der Waals surface area (Å²) < 4.78 is 5.46. The Labute approximate surface area is 241 Å². The predicted molar refractivity (Wildman–Crippen MR) is 171 cm³/mol. The van der Waals surface area contributed by atoms with Gasteiger partial charge in [-0.3, -0.25) is 0 Å². The van der Waals surface area contributed by atoms with Crippen molar-refractivity contribution in [3.63, 3.8) is 0 Å². The molecule has 0 aromatic carbocycles. The van der Waals surface area contributed by atoms with E-state index in [2.05, 4.69) is 13.8 Å². The van der Waals surface area contributed by atoms with E-state index >= 15 is 0 Å². The first-order chi connectivity index (χ1) is 18.7. The fraction of sp³-hybridized carbons (Fsp3) is 1.00. The van der Waals surface area contributed by atoms with Crippen molar-refractivity contribution in [2.45, 2.75) is 219 Å². The highest BCUT2D eigenvalue weighted by Gasteiger charge is 2.13. The van der Waals surface area contributed by atoms with E-state index in [1.165, 1.54) is 173 Å². The Morgan fingerprint density at radius 3 is 0.789 bits per heavy atom. The lowest BCUT2D eigenvalue weighted by molar-refractivity contribution is 0.147. The third-order valence-corrected chi connectivity index (χ3v) is 8.74. The summed E-state index contributed by atoms with van der Waals surface area (Å²) in [5, 5.41) is 0. The van der Waals surface area contributed by atoms with Gasteiger partial charge >= 0.3 is 8.60 Å². The molecule has 0 fully saturated rings. The van der Waals surface area contributed by atoms with E-state index in [4.69, 9.17) is 4.52 Å². The maximum absolute atomic E-state index is 9.36. The standard InChI is InChI=1S/C34H71O3P/c1-3-5-7-9-11-13-15-17-19-21-23-25-27-29-31-33-34(37-38(35)36)32-30-28-26-24-22-20-18-16-14-12-10-8-6-4-2/h34-36H,3-33H2,1-2H3. The van der Waals surface area contributed by atoms with Gasteiger partial charge in [0.25, 0.3) is 0 Å². The van der Waals surface area contributed by atoms with E-state index in [1.54, 1.807) is 0 Å². The van der Waals surface area contributed by atoms with Crippen LogP contribution in [0.5, 0.6) is 0 Å². The minimum absolute atomic E-state index is 0.0374. The molecule has 0 saturated carbocycles. The van der Waals surface area contributed by atoms with Crippen LogP contribution in [0.4, 0.5) is 0 Å². The van der Waals surface area contributed by atoms with Gasteiger partial charge in [0.05, 0.1) is 6.10 Å². The zero-order valence-electron chi connectivity index (χ0n) is 26.2. The largest absolute Gasteiger partial charge is 0.328 e. The van der Waals surface area contributed by atoms with Crippen LogP contribution in [0, 0.1) is 0 Å². The van der Waals surface area contributed by atoms with Gasteiger partial charge in [-0.25, -0.2) is 0 Å². The quantitative estimate of drug-likeness (QED) is 0.0622. The molecule has 0 aliphatic rings. The van der Waals surface area contributed by atoms with Crippen molar-refractivity contribution in [2.75, 3.05) is 0 Å². The maximum Gasteiger partial charge on any atom is 0.327 e. The molecule has 38 heavy (non-hydrogen) atoms. The highest BCUT2D eigenvalue weighted by molar-refractivity contribution is 7.39. The van der Waals surface area contributed by atoms with Crippen molar-refractivity contribution in [3.8, 4) is 0 Å². The summed E-state index contributed by atoms with van der Waals surface area (Å²) >= 11 is 0. The molecule has 0 aromatic rings. The fourth-order valence-corrected chi connectivity index (χ4v) is 6.17. The molecule has 2 N–H and O–H groups in total. The second kappa shape index (κ2) is 33.5. The van der Waals surface area contributed by atoms with Crippen LogP contribution in [0.15, 0.2) is 0 Å². The van der Waals surface area contributed by atoms with Crippen LogP contribution < -0.4 is 0 Å². The normalized spacial score (nSPS) is 12.6. The van der Waals surface area contributed by atoms with E-state index in [-0.39, 0.29) is 6.10 Å². The number of rotatable bonds is 33. The van der Waals surface area contributed by atoms with Crippen LogP contribution in [0.3, 0.4) is 0 Å². The molecule has 0 aliphatic heterocycles. The minimum atomic E-state index is -2.23. The van der Waals surface area contributed by atoms with E-state index in [0.717, 1.165) is 25.7 Å². The first kappa shape index (κ1) is 38.3. The van der Waals surface area contributed by atoms with Gasteiger partial charge in [-0.15, -0.1) is 0 Å². The van der Waals surface area contributed by atoms with Crippen molar-refractivity contribution in [1.29, 1.82) is 0 Å². The molecular weight excluding hydrogens is 487 g/mol. The van der Waals surface area contributed by atoms with Crippen molar-refractivity contribution >= 4 is 8.60 Å². The monoisotopic (exact) mass is 559 g/mol. The predicted octanol–water partition coefficient (Wildman–Crippen LogP) is 12.7. The molecule has 1 unspecified atom stereocenters. The summed E-state index contributed by atoms with van der Waals surface area (Å²) in [6.45, 7) is 4.57. The summed E-state index contributed by atoms with van der Waals surface area (Å²) in [7, 11) is -2.23. The summed E-state index contributed by atoms with van der Waals surface area (Å²) in [6, 6.07) is 0. The Morgan fingerprint density at radius 2 is 0.579 bits per heavy atom. The molecule has 0 aliphatic carbocycles. The van der Waals surface area contributed by atoms with Gasteiger partial charge in [0.15, 0.2) is 0 Å². The van der Waals surface area contributed by atoms with Gasteiger partial charge in [-0.1, -0.05) is 200 Å². The smallest absolute Gasteiger partial charge is 0.327 e. The fourth-order valence-electron chi connectivity index (χ4n) is 5.69. The Balaban J connectivity index is 3.47. The summed E-state index contributed by atoms with van der Waals surface area (Å²) in [6.07, 6.45) is 41.9. The Morgan fingerprint density at radius 1 is 0.368 bits per heavy atom. The molecule has 0 rings (SSSR count). The Kier molecular flexibility index (Phi) is 33.8. The third-order valence-electron chi connectivity index (χ3n) is 8.25. The Hall–Kier alpha value is 0.310. The van der Waals surface area contributed by atoms with Crippen LogP contribution in [-0.4, -0.2) is 15.9 Å². The molecule has 0 radical (unpaired) electrons. The first-order valence-electron chi connectivity index (χ1n) is 17.5. The number of unbranched alkanes of at least 4 members (excludes halogenated alkanes) is 27. The van der Waals surface area contributed by atoms with Gasteiger partial charge in [-0.05, 0) is 12.8 Å². The summed E-state index contributed by atoms with van der Waals surface area (Å²) in [5.74, 6) is 0. The van der Waals surface area contributed by atoms with Gasteiger partial charge in [-0.2, -0.15) is 0 Å². The average molecular weight is 559 g/mol. The van der Waals surface area contributed by atoms with Crippen LogP contribution in [-0.2, 0) is 4.52 Å². The molecule has 1 atom stereocenters. The van der Waals surface area contributed by atoms with Gasteiger partial charge in [0.2, 0.25) is 0 Å². The maximum atomic E-state index is 9.36. The average Bonchev–Trinajstić information content (AvgIpc) is 2.90. The zero-order chi connectivity index (χ0) is 27.8. The van der Waals surface area contributed by atoms with Gasteiger partial charge in [0, 0.05) is 0 Å². The second-order valence-corrected chi connectivity index (χ2v) is 12.8. The lowest BCUT2D eigenvalue weighted by Gasteiger charge is -2.18. The molecule has 0 aromatic heterocycles. The Bertz CT molecular complexity index is 419.